The Morgan fingerprint density at radius 1 is 0.316 bits per heavy atom. The Balaban J connectivity index is 1.14. The summed E-state index contributed by atoms with van der Waals surface area (Å²) in [7, 11) is 0. The average molecular weight is 728 g/mol. The number of anilines is 3. The predicted octanol–water partition coefficient (Wildman–Crippen LogP) is 15.7. The lowest BCUT2D eigenvalue weighted by Gasteiger charge is -2.26. The lowest BCUT2D eigenvalue weighted by molar-refractivity contribution is 0.670. The van der Waals surface area contributed by atoms with Crippen LogP contribution in [0.1, 0.15) is 0 Å². The number of hydrogen-bond donors (Lipinski definition) is 0. The molecule has 3 heteroatoms. The molecule has 0 unspecified atom stereocenters. The van der Waals surface area contributed by atoms with Crippen molar-refractivity contribution in [3.63, 3.8) is 0 Å². The third-order valence-electron chi connectivity index (χ3n) is 11.6. The second kappa shape index (κ2) is 12.5. The van der Waals surface area contributed by atoms with E-state index < -0.39 is 0 Å². The molecule has 12 aromatic rings. The number of nitrogens with zero attached hydrogens (tertiary/aromatic N) is 1. The first-order chi connectivity index (χ1) is 28.3. The first kappa shape index (κ1) is 31.7. The zero-order valence-electron chi connectivity index (χ0n) is 30.8. The Morgan fingerprint density at radius 2 is 0.930 bits per heavy atom. The molecule has 0 aliphatic heterocycles. The molecule has 0 saturated heterocycles. The van der Waals surface area contributed by atoms with Gasteiger partial charge in [-0.2, -0.15) is 0 Å². The van der Waals surface area contributed by atoms with E-state index in [2.05, 4.69) is 193 Å². The molecule has 0 fully saturated rings. The third-order valence-corrected chi connectivity index (χ3v) is 11.6. The van der Waals surface area contributed by atoms with Gasteiger partial charge < -0.3 is 13.7 Å². The van der Waals surface area contributed by atoms with Crippen LogP contribution in [0.2, 0.25) is 0 Å². The van der Waals surface area contributed by atoms with Crippen molar-refractivity contribution < 1.29 is 8.83 Å². The van der Waals surface area contributed by atoms with Gasteiger partial charge in [0.05, 0.1) is 5.69 Å². The average Bonchev–Trinajstić information content (AvgIpc) is 3.88. The van der Waals surface area contributed by atoms with Crippen molar-refractivity contribution >= 4 is 93.3 Å². The Hall–Kier alpha value is -7.62. The second-order valence-corrected chi connectivity index (χ2v) is 14.8. The topological polar surface area (TPSA) is 29.5 Å². The van der Waals surface area contributed by atoms with E-state index in [-0.39, 0.29) is 0 Å². The molecular weight excluding hydrogens is 695 g/mol. The molecule has 10 aromatic carbocycles. The Morgan fingerprint density at radius 3 is 1.75 bits per heavy atom. The van der Waals surface area contributed by atoms with Crippen LogP contribution in [-0.4, -0.2) is 0 Å². The third kappa shape index (κ3) is 4.86. The van der Waals surface area contributed by atoms with Gasteiger partial charge >= 0.3 is 0 Å². The van der Waals surface area contributed by atoms with Gasteiger partial charge in [0.15, 0.2) is 5.58 Å². The van der Waals surface area contributed by atoms with Crippen LogP contribution in [0.4, 0.5) is 17.1 Å². The van der Waals surface area contributed by atoms with Crippen molar-refractivity contribution in [2.75, 3.05) is 4.90 Å². The summed E-state index contributed by atoms with van der Waals surface area (Å²) in [5, 5.41) is 11.5. The van der Waals surface area contributed by atoms with E-state index in [9.17, 15) is 0 Å². The lowest BCUT2D eigenvalue weighted by Crippen LogP contribution is -2.10. The number of para-hydroxylation sites is 2. The summed E-state index contributed by atoms with van der Waals surface area (Å²) in [6.45, 7) is 0. The van der Waals surface area contributed by atoms with Crippen LogP contribution < -0.4 is 4.90 Å². The highest BCUT2D eigenvalue weighted by atomic mass is 16.3. The summed E-state index contributed by atoms with van der Waals surface area (Å²) < 4.78 is 13.8. The van der Waals surface area contributed by atoms with Gasteiger partial charge in [-0.15, -0.1) is 0 Å². The Kier molecular flexibility index (Phi) is 6.93. The smallest absolute Gasteiger partial charge is 0.160 e. The van der Waals surface area contributed by atoms with Gasteiger partial charge in [0.2, 0.25) is 0 Å². The number of furan rings is 2. The summed E-state index contributed by atoms with van der Waals surface area (Å²) in [5.41, 5.74) is 11.0. The predicted molar refractivity (Wildman–Crippen MR) is 239 cm³/mol. The maximum absolute atomic E-state index is 7.29. The highest BCUT2D eigenvalue weighted by molar-refractivity contribution is 6.33. The molecule has 12 rings (SSSR count). The van der Waals surface area contributed by atoms with Crippen molar-refractivity contribution in [3.05, 3.63) is 200 Å². The molecule has 0 aliphatic rings. The van der Waals surface area contributed by atoms with Crippen LogP contribution in [0.15, 0.2) is 209 Å². The molecule has 0 atom stereocenters. The van der Waals surface area contributed by atoms with Gasteiger partial charge in [-0.25, -0.2) is 0 Å². The van der Waals surface area contributed by atoms with E-state index in [0.29, 0.717) is 0 Å². The summed E-state index contributed by atoms with van der Waals surface area (Å²) in [5.74, 6) is 0. The zero-order valence-corrected chi connectivity index (χ0v) is 30.8. The molecule has 2 aromatic heterocycles. The minimum absolute atomic E-state index is 0.845. The first-order valence-electron chi connectivity index (χ1n) is 19.4. The molecule has 0 N–H and O–H groups in total. The lowest BCUT2D eigenvalue weighted by atomic mass is 9.93. The first-order valence-corrected chi connectivity index (χ1v) is 19.4. The molecule has 0 bridgehead atoms. The molecule has 266 valence electrons. The second-order valence-electron chi connectivity index (χ2n) is 14.8. The number of fused-ring (bicyclic) bond motifs is 12. The van der Waals surface area contributed by atoms with Crippen molar-refractivity contribution in [2.24, 2.45) is 0 Å². The SMILES string of the molecule is c1ccc(-c2ccc(N(c3ccc(-c4cccc5c4oc4ccccc45)cc3)c3ccc4ccccc4c3)c3oc4c5ccccc5c5ccccc5c4c23)cc1. The molecule has 0 aliphatic carbocycles. The van der Waals surface area contributed by atoms with E-state index in [4.69, 9.17) is 8.83 Å². The van der Waals surface area contributed by atoms with Crippen LogP contribution >= 0.6 is 0 Å². The maximum Gasteiger partial charge on any atom is 0.160 e. The Bertz CT molecular complexity index is 3520. The standard InChI is InChI=1S/C54H33NO2/c1-2-14-35(15-3-1)40-31-32-48(54-50(40)51-45-20-8-6-17-42(45)43-18-7-9-21-46(43)53(51)57-54)55(39-30-25-34-13-4-5-16-37(34)33-39)38-28-26-36(27-29-38)41-22-12-23-47-44-19-10-11-24-49(44)56-52(41)47/h1-33H. The summed E-state index contributed by atoms with van der Waals surface area (Å²) in [4.78, 5) is 2.35. The van der Waals surface area contributed by atoms with E-state index in [1.54, 1.807) is 0 Å². The van der Waals surface area contributed by atoms with Gasteiger partial charge in [-0.1, -0.05) is 164 Å². The highest BCUT2D eigenvalue weighted by Gasteiger charge is 2.25. The van der Waals surface area contributed by atoms with Gasteiger partial charge in [0.1, 0.15) is 16.7 Å². The van der Waals surface area contributed by atoms with Gasteiger partial charge in [0, 0.05) is 43.9 Å². The fraction of sp³-hybridized carbons (Fsp3) is 0. The van der Waals surface area contributed by atoms with Gasteiger partial charge in [-0.3, -0.25) is 0 Å². The molecule has 2 heterocycles. The van der Waals surface area contributed by atoms with Gasteiger partial charge in [-0.05, 0) is 80.0 Å². The maximum atomic E-state index is 7.29. The fourth-order valence-corrected chi connectivity index (χ4v) is 9.03. The molecule has 57 heavy (non-hydrogen) atoms. The quantitative estimate of drug-likeness (QED) is 0.165. The van der Waals surface area contributed by atoms with Crippen LogP contribution in [0.3, 0.4) is 0 Å². The summed E-state index contributed by atoms with van der Waals surface area (Å²) in [6, 6.07) is 71.3. The molecule has 0 spiro atoms. The van der Waals surface area contributed by atoms with Crippen molar-refractivity contribution in [3.8, 4) is 22.3 Å². The minimum atomic E-state index is 0.845. The largest absolute Gasteiger partial charge is 0.455 e. The van der Waals surface area contributed by atoms with Crippen LogP contribution in [-0.2, 0) is 0 Å². The van der Waals surface area contributed by atoms with Gasteiger partial charge in [0.25, 0.3) is 0 Å². The minimum Gasteiger partial charge on any atom is -0.455 e. The monoisotopic (exact) mass is 727 g/mol. The summed E-state index contributed by atoms with van der Waals surface area (Å²) in [6.07, 6.45) is 0. The number of benzene rings is 10. The fourth-order valence-electron chi connectivity index (χ4n) is 9.03. The molecule has 0 saturated carbocycles. The number of rotatable bonds is 5. The Labute approximate surface area is 328 Å². The van der Waals surface area contributed by atoms with Crippen LogP contribution in [0.5, 0.6) is 0 Å². The number of hydrogen-bond acceptors (Lipinski definition) is 3. The van der Waals surface area contributed by atoms with Crippen molar-refractivity contribution in [2.45, 2.75) is 0 Å². The van der Waals surface area contributed by atoms with E-state index in [1.165, 1.54) is 26.9 Å². The molecule has 3 nitrogen and oxygen atoms in total. The normalized spacial score (nSPS) is 11.9. The molecule has 0 amide bonds. The van der Waals surface area contributed by atoms with E-state index in [1.807, 2.05) is 12.1 Å². The van der Waals surface area contributed by atoms with E-state index >= 15 is 0 Å². The van der Waals surface area contributed by atoms with E-state index in [0.717, 1.165) is 88.6 Å². The molecular formula is C54H33NO2. The van der Waals surface area contributed by atoms with Crippen LogP contribution in [0.25, 0.3) is 98.4 Å². The highest BCUT2D eigenvalue weighted by Crippen LogP contribution is 2.50. The van der Waals surface area contributed by atoms with Crippen LogP contribution in [0, 0.1) is 0 Å². The van der Waals surface area contributed by atoms with Crippen molar-refractivity contribution in [1.82, 2.24) is 0 Å². The zero-order chi connectivity index (χ0) is 37.5. The van der Waals surface area contributed by atoms with Crippen molar-refractivity contribution in [1.29, 1.82) is 0 Å². The molecule has 0 radical (unpaired) electrons. The summed E-state index contributed by atoms with van der Waals surface area (Å²) >= 11 is 0.